The van der Waals surface area contributed by atoms with Gasteiger partial charge in [0.15, 0.2) is 0 Å². The number of pyridine rings is 1. The second kappa shape index (κ2) is 7.69. The largest absolute Gasteiger partial charge is 0.494 e. The number of benzene rings is 1. The number of ether oxygens (including phenoxy) is 1. The predicted molar refractivity (Wildman–Crippen MR) is 123 cm³/mol. The molecule has 29 heavy (non-hydrogen) atoms. The van der Waals surface area contributed by atoms with E-state index in [-0.39, 0.29) is 23.5 Å². The summed E-state index contributed by atoms with van der Waals surface area (Å²) in [5, 5.41) is 0.989. The smallest absolute Gasteiger partial charge is 0.399 e. The van der Waals surface area contributed by atoms with Gasteiger partial charge in [0.2, 0.25) is 0 Å². The van der Waals surface area contributed by atoms with Crippen LogP contribution in [0.3, 0.4) is 0 Å². The van der Waals surface area contributed by atoms with Crippen molar-refractivity contribution in [3.8, 4) is 0 Å². The molecule has 1 aliphatic rings. The lowest BCUT2D eigenvalue weighted by Gasteiger charge is -2.32. The summed E-state index contributed by atoms with van der Waals surface area (Å²) in [6, 6.07) is 9.03. The molecule has 3 rings (SSSR count). The van der Waals surface area contributed by atoms with Crippen LogP contribution in [0.15, 0.2) is 29.1 Å². The van der Waals surface area contributed by atoms with Gasteiger partial charge >= 0.3 is 7.12 Å². The van der Waals surface area contributed by atoms with Gasteiger partial charge in [0.05, 0.1) is 16.7 Å². The third-order valence-corrected chi connectivity index (χ3v) is 7.74. The highest BCUT2D eigenvalue weighted by Gasteiger charge is 2.51. The first kappa shape index (κ1) is 22.3. The molecule has 0 saturated carbocycles. The zero-order valence-corrected chi connectivity index (χ0v) is 20.1. The van der Waals surface area contributed by atoms with Crippen molar-refractivity contribution >= 4 is 31.6 Å². The van der Waals surface area contributed by atoms with Crippen LogP contribution in [0.4, 0.5) is 0 Å². The second-order valence-electron chi connectivity index (χ2n) is 10.3. The lowest BCUT2D eigenvalue weighted by atomic mass is 9.78. The highest BCUT2D eigenvalue weighted by Crippen LogP contribution is 2.36. The Morgan fingerprint density at radius 3 is 2.28 bits per heavy atom. The Morgan fingerprint density at radius 2 is 1.69 bits per heavy atom. The Morgan fingerprint density at radius 1 is 1.07 bits per heavy atom. The standard InChI is InChI=1S/C22H34BNO4Si/c1-16-13-17-14-18(23-27-21(2,3)22(4,5)28-23)9-10-19(17)24(20(16)25)15-26-11-12-29(6,7)8/h9-10,13-14H,11-12,15H2,1-8H3. The van der Waals surface area contributed by atoms with Crippen LogP contribution in [0.1, 0.15) is 33.3 Å². The summed E-state index contributed by atoms with van der Waals surface area (Å²) >= 11 is 0. The summed E-state index contributed by atoms with van der Waals surface area (Å²) in [5.41, 5.74) is 1.76. The van der Waals surface area contributed by atoms with Crippen LogP contribution in [0.2, 0.25) is 25.7 Å². The van der Waals surface area contributed by atoms with Gasteiger partial charge in [0, 0.05) is 20.2 Å². The van der Waals surface area contributed by atoms with E-state index < -0.39 is 15.2 Å². The molecule has 1 fully saturated rings. The van der Waals surface area contributed by atoms with E-state index in [1.165, 1.54) is 0 Å². The number of nitrogens with zero attached hydrogens (tertiary/aromatic N) is 1. The van der Waals surface area contributed by atoms with E-state index in [1.807, 2.05) is 52.8 Å². The molecule has 0 amide bonds. The van der Waals surface area contributed by atoms with Crippen molar-refractivity contribution in [2.24, 2.45) is 0 Å². The summed E-state index contributed by atoms with van der Waals surface area (Å²) in [5.74, 6) is 0. The van der Waals surface area contributed by atoms with Gasteiger partial charge in [-0.1, -0.05) is 31.8 Å². The van der Waals surface area contributed by atoms with Gasteiger partial charge in [-0.05, 0) is 63.6 Å². The first-order chi connectivity index (χ1) is 13.3. The van der Waals surface area contributed by atoms with E-state index >= 15 is 0 Å². The molecule has 0 spiro atoms. The van der Waals surface area contributed by atoms with Gasteiger partial charge in [-0.2, -0.15) is 0 Å². The van der Waals surface area contributed by atoms with Crippen LogP contribution in [0, 0.1) is 6.92 Å². The maximum Gasteiger partial charge on any atom is 0.494 e. The SMILES string of the molecule is Cc1cc2cc(B3OC(C)(C)C(C)(C)O3)ccc2n(COCC[Si](C)(C)C)c1=O. The monoisotopic (exact) mass is 415 g/mol. The molecule has 1 aliphatic heterocycles. The summed E-state index contributed by atoms with van der Waals surface area (Å²) in [6.07, 6.45) is 0. The molecule has 0 unspecified atom stereocenters. The van der Waals surface area contributed by atoms with Gasteiger partial charge in [-0.25, -0.2) is 0 Å². The van der Waals surface area contributed by atoms with E-state index in [1.54, 1.807) is 4.57 Å². The van der Waals surface area contributed by atoms with E-state index in [2.05, 4.69) is 25.7 Å². The first-order valence-electron chi connectivity index (χ1n) is 10.4. The third-order valence-electron chi connectivity index (χ3n) is 6.04. The van der Waals surface area contributed by atoms with Crippen LogP contribution in [-0.2, 0) is 20.8 Å². The molecule has 7 heteroatoms. The summed E-state index contributed by atoms with van der Waals surface area (Å²) in [6.45, 7) is 18.0. The number of aryl methyl sites for hydroxylation is 1. The van der Waals surface area contributed by atoms with E-state index in [9.17, 15) is 4.79 Å². The van der Waals surface area contributed by atoms with Crippen molar-refractivity contribution in [3.63, 3.8) is 0 Å². The minimum absolute atomic E-state index is 0.00566. The molecule has 0 radical (unpaired) electrons. The highest BCUT2D eigenvalue weighted by atomic mass is 28.3. The summed E-state index contributed by atoms with van der Waals surface area (Å²) in [7, 11) is -1.58. The van der Waals surface area contributed by atoms with Crippen molar-refractivity contribution < 1.29 is 14.0 Å². The van der Waals surface area contributed by atoms with Crippen LogP contribution >= 0.6 is 0 Å². The molecular weight excluding hydrogens is 381 g/mol. The van der Waals surface area contributed by atoms with Crippen molar-refractivity contribution in [1.29, 1.82) is 0 Å². The molecule has 1 aromatic heterocycles. The molecule has 0 bridgehead atoms. The second-order valence-corrected chi connectivity index (χ2v) is 15.9. The van der Waals surface area contributed by atoms with Crippen LogP contribution in [0.25, 0.3) is 10.9 Å². The van der Waals surface area contributed by atoms with Crippen LogP contribution < -0.4 is 11.0 Å². The molecule has 0 aliphatic carbocycles. The van der Waals surface area contributed by atoms with Crippen molar-refractivity contribution in [3.05, 3.63) is 40.2 Å². The molecule has 0 N–H and O–H groups in total. The fourth-order valence-corrected chi connectivity index (χ4v) is 4.10. The molecule has 158 valence electrons. The maximum atomic E-state index is 12.7. The van der Waals surface area contributed by atoms with Crippen LogP contribution in [0.5, 0.6) is 0 Å². The number of aromatic nitrogens is 1. The molecule has 5 nitrogen and oxygen atoms in total. The number of fused-ring (bicyclic) bond motifs is 1. The lowest BCUT2D eigenvalue weighted by molar-refractivity contribution is 0.00578. The number of hydrogen-bond acceptors (Lipinski definition) is 4. The fraction of sp³-hybridized carbons (Fsp3) is 0.591. The van der Waals surface area contributed by atoms with E-state index in [4.69, 9.17) is 14.0 Å². The Hall–Kier alpha value is -1.41. The Kier molecular flexibility index (Phi) is 5.91. The number of rotatable bonds is 6. The van der Waals surface area contributed by atoms with Gasteiger partial charge in [-0.15, -0.1) is 0 Å². The quantitative estimate of drug-likeness (QED) is 0.530. The molecular formula is C22H34BNO4Si. The maximum absolute atomic E-state index is 12.7. The average molecular weight is 415 g/mol. The van der Waals surface area contributed by atoms with Crippen molar-refractivity contribution in [2.45, 2.75) is 78.2 Å². The van der Waals surface area contributed by atoms with E-state index in [0.717, 1.165) is 22.4 Å². The molecule has 1 aromatic carbocycles. The molecule has 0 atom stereocenters. The Labute approximate surface area is 175 Å². The highest BCUT2D eigenvalue weighted by molar-refractivity contribution is 6.76. The zero-order valence-electron chi connectivity index (χ0n) is 19.1. The zero-order chi connectivity index (χ0) is 21.6. The lowest BCUT2D eigenvalue weighted by Crippen LogP contribution is -2.41. The van der Waals surface area contributed by atoms with Gasteiger partial charge in [-0.3, -0.25) is 9.36 Å². The third kappa shape index (κ3) is 4.68. The molecule has 2 heterocycles. The molecule has 1 saturated heterocycles. The van der Waals surface area contributed by atoms with E-state index in [0.29, 0.717) is 12.2 Å². The minimum Gasteiger partial charge on any atom is -0.399 e. The topological polar surface area (TPSA) is 49.7 Å². The van der Waals surface area contributed by atoms with Gasteiger partial charge in [0.25, 0.3) is 5.56 Å². The normalized spacial score (nSPS) is 18.6. The number of hydrogen-bond donors (Lipinski definition) is 0. The van der Waals surface area contributed by atoms with Gasteiger partial charge in [0.1, 0.15) is 6.73 Å². The average Bonchev–Trinajstić information content (AvgIpc) is 2.81. The van der Waals surface area contributed by atoms with Crippen molar-refractivity contribution in [2.75, 3.05) is 6.61 Å². The van der Waals surface area contributed by atoms with Gasteiger partial charge < -0.3 is 14.0 Å². The van der Waals surface area contributed by atoms with Crippen LogP contribution in [-0.4, -0.2) is 37.6 Å². The summed E-state index contributed by atoms with van der Waals surface area (Å²) < 4.78 is 20.0. The Balaban J connectivity index is 1.89. The fourth-order valence-electron chi connectivity index (χ4n) is 3.34. The summed E-state index contributed by atoms with van der Waals surface area (Å²) in [4.78, 5) is 12.7. The first-order valence-corrected chi connectivity index (χ1v) is 14.1. The molecule has 2 aromatic rings. The predicted octanol–water partition coefficient (Wildman–Crippen LogP) is 3.92. The minimum atomic E-state index is -1.16. The Bertz CT molecular complexity index is 946. The van der Waals surface area contributed by atoms with Crippen molar-refractivity contribution in [1.82, 2.24) is 4.57 Å².